The van der Waals surface area contributed by atoms with E-state index in [2.05, 4.69) is 0 Å². The Kier molecular flexibility index (Phi) is 4.94. The van der Waals surface area contributed by atoms with Crippen LogP contribution in [0.3, 0.4) is 0 Å². The van der Waals surface area contributed by atoms with Crippen LogP contribution in [0, 0.1) is 0 Å². The number of hydrogen-bond acceptors (Lipinski definition) is 5. The van der Waals surface area contributed by atoms with Crippen molar-refractivity contribution in [3.8, 4) is 11.5 Å². The highest BCUT2D eigenvalue weighted by Crippen LogP contribution is 2.31. The van der Waals surface area contributed by atoms with Gasteiger partial charge in [-0.15, -0.1) is 0 Å². The zero-order valence-corrected chi connectivity index (χ0v) is 10.2. The van der Waals surface area contributed by atoms with Crippen molar-refractivity contribution in [1.82, 2.24) is 0 Å². The minimum atomic E-state index is -1.88. The van der Waals surface area contributed by atoms with E-state index in [1.165, 1.54) is 19.2 Å². The van der Waals surface area contributed by atoms with E-state index in [9.17, 15) is 15.0 Å². The van der Waals surface area contributed by atoms with Gasteiger partial charge in [0.25, 0.3) is 0 Å². The van der Waals surface area contributed by atoms with Crippen LogP contribution in [0.5, 0.6) is 11.5 Å². The molecule has 100 valence electrons. The fraction of sp³-hybridized carbons (Fsp3) is 0.417. The third kappa shape index (κ3) is 3.12. The third-order valence-electron chi connectivity index (χ3n) is 2.38. The summed E-state index contributed by atoms with van der Waals surface area (Å²) in [4.78, 5) is 10.6. The lowest BCUT2D eigenvalue weighted by molar-refractivity contribution is -0.153. The lowest BCUT2D eigenvalue weighted by Gasteiger charge is -2.16. The minimum Gasteiger partial charge on any atom is -0.493 e. The Hall–Kier alpha value is -1.79. The van der Waals surface area contributed by atoms with Crippen molar-refractivity contribution in [2.45, 2.75) is 19.1 Å². The fourth-order valence-electron chi connectivity index (χ4n) is 1.46. The fourth-order valence-corrected chi connectivity index (χ4v) is 1.46. The van der Waals surface area contributed by atoms with Gasteiger partial charge in [-0.1, -0.05) is 6.07 Å². The molecule has 1 aromatic carbocycles. The van der Waals surface area contributed by atoms with Crippen LogP contribution in [0.25, 0.3) is 0 Å². The van der Waals surface area contributed by atoms with Gasteiger partial charge in [0.15, 0.2) is 17.6 Å². The average Bonchev–Trinajstić information content (AvgIpc) is 2.37. The van der Waals surface area contributed by atoms with Gasteiger partial charge >= 0.3 is 5.97 Å². The smallest absolute Gasteiger partial charge is 0.335 e. The van der Waals surface area contributed by atoms with Crippen molar-refractivity contribution < 1.29 is 29.6 Å². The molecule has 2 atom stereocenters. The third-order valence-corrected chi connectivity index (χ3v) is 2.38. The van der Waals surface area contributed by atoms with Crippen LogP contribution in [0.2, 0.25) is 0 Å². The molecular weight excluding hydrogens is 240 g/mol. The summed E-state index contributed by atoms with van der Waals surface area (Å²) >= 11 is 0. The van der Waals surface area contributed by atoms with Gasteiger partial charge in [-0.05, 0) is 24.6 Å². The zero-order valence-electron chi connectivity index (χ0n) is 10.2. The summed E-state index contributed by atoms with van der Waals surface area (Å²) in [5.74, 6) is -0.637. The molecule has 0 bridgehead atoms. The van der Waals surface area contributed by atoms with E-state index in [1.807, 2.05) is 6.92 Å². The summed E-state index contributed by atoms with van der Waals surface area (Å²) in [5, 5.41) is 27.5. The first kappa shape index (κ1) is 14.3. The van der Waals surface area contributed by atoms with Gasteiger partial charge < -0.3 is 24.8 Å². The number of carboxylic acid groups (broad SMARTS) is 1. The van der Waals surface area contributed by atoms with Gasteiger partial charge in [0.2, 0.25) is 0 Å². The minimum absolute atomic E-state index is 0.241. The van der Waals surface area contributed by atoms with E-state index >= 15 is 0 Å². The molecule has 0 aliphatic rings. The number of aliphatic carboxylic acids is 1. The molecule has 0 saturated heterocycles. The summed E-state index contributed by atoms with van der Waals surface area (Å²) in [6.45, 7) is 2.27. The van der Waals surface area contributed by atoms with E-state index < -0.39 is 18.2 Å². The second-order valence-corrected chi connectivity index (χ2v) is 3.57. The summed E-state index contributed by atoms with van der Waals surface area (Å²) in [6.07, 6.45) is -3.40. The van der Waals surface area contributed by atoms with E-state index in [0.717, 1.165) is 0 Å². The zero-order chi connectivity index (χ0) is 13.7. The topological polar surface area (TPSA) is 96.2 Å². The number of carboxylic acids is 1. The highest BCUT2D eigenvalue weighted by molar-refractivity contribution is 5.73. The van der Waals surface area contributed by atoms with E-state index in [4.69, 9.17) is 14.6 Å². The average molecular weight is 256 g/mol. The van der Waals surface area contributed by atoms with Crippen LogP contribution in [-0.2, 0) is 4.79 Å². The Labute approximate surface area is 104 Å². The van der Waals surface area contributed by atoms with Gasteiger partial charge in [-0.3, -0.25) is 0 Å². The van der Waals surface area contributed by atoms with E-state index in [1.54, 1.807) is 6.07 Å². The standard InChI is InChI=1S/C12H16O6/c1-3-18-8-5-4-7(6-9(8)17-2)10(13)11(14)12(15)16/h4-6,10-11,13-14H,3H2,1-2H3,(H,15,16). The quantitative estimate of drug-likeness (QED) is 0.688. The lowest BCUT2D eigenvalue weighted by atomic mass is 10.0. The molecule has 0 aromatic heterocycles. The largest absolute Gasteiger partial charge is 0.493 e. The summed E-state index contributed by atoms with van der Waals surface area (Å²) in [6, 6.07) is 4.46. The van der Waals surface area contributed by atoms with Crippen molar-refractivity contribution in [2.75, 3.05) is 13.7 Å². The van der Waals surface area contributed by atoms with Crippen LogP contribution in [0.1, 0.15) is 18.6 Å². The van der Waals surface area contributed by atoms with Crippen molar-refractivity contribution in [2.24, 2.45) is 0 Å². The molecule has 0 saturated carbocycles. The molecule has 18 heavy (non-hydrogen) atoms. The second kappa shape index (κ2) is 6.23. The Morgan fingerprint density at radius 3 is 2.50 bits per heavy atom. The number of hydrogen-bond donors (Lipinski definition) is 3. The van der Waals surface area contributed by atoms with Crippen LogP contribution in [0.15, 0.2) is 18.2 Å². The molecule has 1 aromatic rings. The molecule has 1 rings (SSSR count). The highest BCUT2D eigenvalue weighted by atomic mass is 16.5. The molecule has 0 amide bonds. The number of methoxy groups -OCH3 is 1. The number of aliphatic hydroxyl groups is 2. The molecule has 2 unspecified atom stereocenters. The molecule has 0 radical (unpaired) electrons. The maximum Gasteiger partial charge on any atom is 0.335 e. The molecule has 0 fully saturated rings. The summed E-state index contributed by atoms with van der Waals surface area (Å²) < 4.78 is 10.3. The molecular formula is C12H16O6. The lowest BCUT2D eigenvalue weighted by Crippen LogP contribution is -2.27. The number of rotatable bonds is 6. The maximum absolute atomic E-state index is 10.6. The normalized spacial score (nSPS) is 13.8. The monoisotopic (exact) mass is 256 g/mol. The first-order chi connectivity index (χ1) is 8.51. The van der Waals surface area contributed by atoms with Gasteiger partial charge in [0.05, 0.1) is 13.7 Å². The molecule has 6 nitrogen and oxygen atoms in total. The van der Waals surface area contributed by atoms with Crippen LogP contribution < -0.4 is 9.47 Å². The van der Waals surface area contributed by atoms with Crippen LogP contribution in [0.4, 0.5) is 0 Å². The predicted octanol–water partition coefficient (Wildman–Crippen LogP) is 0.573. The Morgan fingerprint density at radius 2 is 2.00 bits per heavy atom. The van der Waals surface area contributed by atoms with Crippen molar-refractivity contribution in [3.63, 3.8) is 0 Å². The summed E-state index contributed by atoms with van der Waals surface area (Å²) in [5.41, 5.74) is 0.241. The Bertz CT molecular complexity index is 417. The van der Waals surface area contributed by atoms with Gasteiger partial charge in [-0.2, -0.15) is 0 Å². The van der Waals surface area contributed by atoms with Gasteiger partial charge in [0.1, 0.15) is 6.10 Å². The molecule has 0 aliphatic carbocycles. The Balaban J connectivity index is 3.01. The van der Waals surface area contributed by atoms with Crippen molar-refractivity contribution in [1.29, 1.82) is 0 Å². The van der Waals surface area contributed by atoms with Gasteiger partial charge in [0, 0.05) is 0 Å². The number of aliphatic hydroxyl groups excluding tert-OH is 2. The highest BCUT2D eigenvalue weighted by Gasteiger charge is 2.25. The van der Waals surface area contributed by atoms with Crippen LogP contribution >= 0.6 is 0 Å². The van der Waals surface area contributed by atoms with Gasteiger partial charge in [-0.25, -0.2) is 4.79 Å². The van der Waals surface area contributed by atoms with Crippen molar-refractivity contribution >= 4 is 5.97 Å². The van der Waals surface area contributed by atoms with Crippen molar-refractivity contribution in [3.05, 3.63) is 23.8 Å². The number of benzene rings is 1. The molecule has 0 heterocycles. The predicted molar refractivity (Wildman–Crippen MR) is 62.8 cm³/mol. The SMILES string of the molecule is CCOc1ccc(C(O)C(O)C(=O)O)cc1OC. The summed E-state index contributed by atoms with van der Waals surface area (Å²) in [7, 11) is 1.43. The molecule has 3 N–H and O–H groups in total. The van der Waals surface area contributed by atoms with E-state index in [-0.39, 0.29) is 5.56 Å². The molecule has 0 aliphatic heterocycles. The molecule has 6 heteroatoms. The number of ether oxygens (including phenoxy) is 2. The first-order valence-electron chi connectivity index (χ1n) is 5.41. The number of carbonyl (C=O) groups is 1. The Morgan fingerprint density at radius 1 is 1.33 bits per heavy atom. The first-order valence-corrected chi connectivity index (χ1v) is 5.41. The molecule has 0 spiro atoms. The van der Waals surface area contributed by atoms with Crippen LogP contribution in [-0.4, -0.2) is 41.1 Å². The maximum atomic E-state index is 10.6. The second-order valence-electron chi connectivity index (χ2n) is 3.57. The van der Waals surface area contributed by atoms with E-state index in [0.29, 0.717) is 18.1 Å².